The number of anilines is 1. The summed E-state index contributed by atoms with van der Waals surface area (Å²) in [5, 5.41) is 21.9. The monoisotopic (exact) mass is 536 g/mol. The summed E-state index contributed by atoms with van der Waals surface area (Å²) in [7, 11) is 0. The summed E-state index contributed by atoms with van der Waals surface area (Å²) in [5.74, 6) is -0.278. The van der Waals surface area contributed by atoms with Gasteiger partial charge in [0, 0.05) is 42.5 Å². The van der Waals surface area contributed by atoms with Gasteiger partial charge in [0.05, 0.1) is 23.8 Å². The molecule has 8 nitrogen and oxygen atoms in total. The van der Waals surface area contributed by atoms with Gasteiger partial charge in [-0.25, -0.2) is 4.98 Å². The van der Waals surface area contributed by atoms with Crippen molar-refractivity contribution in [3.05, 3.63) is 89.6 Å². The van der Waals surface area contributed by atoms with Crippen LogP contribution in [-0.4, -0.2) is 38.9 Å². The lowest BCUT2D eigenvalue weighted by atomic mass is 10.0. The first-order valence-corrected chi connectivity index (χ1v) is 13.6. The van der Waals surface area contributed by atoms with Crippen molar-refractivity contribution in [1.29, 1.82) is 0 Å². The minimum atomic E-state index is -0.852. The molecule has 3 atom stereocenters. The van der Waals surface area contributed by atoms with Crippen molar-refractivity contribution in [2.45, 2.75) is 62.2 Å². The van der Waals surface area contributed by atoms with Gasteiger partial charge in [-0.1, -0.05) is 42.5 Å². The molecule has 38 heavy (non-hydrogen) atoms. The molecule has 1 aliphatic heterocycles. The molecule has 4 rings (SSSR count). The first-order chi connectivity index (χ1) is 18.5. The number of hydrogen-bond acceptors (Lipinski definition) is 7. The van der Waals surface area contributed by atoms with Crippen molar-refractivity contribution in [2.24, 2.45) is 0 Å². The number of aromatic nitrogens is 1. The summed E-state index contributed by atoms with van der Waals surface area (Å²) in [6.45, 7) is -0.00784. The number of rotatable bonds is 12. The smallest absolute Gasteiger partial charge is 0.303 e. The van der Waals surface area contributed by atoms with Crippen LogP contribution in [0.4, 0.5) is 5.69 Å². The molecule has 3 aromatic rings. The van der Waals surface area contributed by atoms with Crippen LogP contribution < -0.4 is 5.32 Å². The van der Waals surface area contributed by atoms with Gasteiger partial charge in [-0.15, -0.1) is 11.8 Å². The fraction of sp³-hybridized carbons (Fsp3) is 0.345. The van der Waals surface area contributed by atoms with Gasteiger partial charge in [-0.05, 0) is 48.2 Å². The molecule has 1 fully saturated rings. The highest BCUT2D eigenvalue weighted by Crippen LogP contribution is 2.39. The number of ether oxygens (including phenoxy) is 2. The first-order valence-electron chi connectivity index (χ1n) is 12.7. The first kappa shape index (κ1) is 27.8. The Bertz CT molecular complexity index is 1170. The number of carboxylic acid groups (broad SMARTS) is 1. The van der Waals surface area contributed by atoms with Crippen molar-refractivity contribution in [3.8, 4) is 0 Å². The van der Waals surface area contributed by atoms with Crippen molar-refractivity contribution >= 4 is 29.3 Å². The summed E-state index contributed by atoms with van der Waals surface area (Å²) in [6.07, 6.45) is 2.96. The molecule has 0 spiro atoms. The third-order valence-corrected chi connectivity index (χ3v) is 7.26. The minimum absolute atomic E-state index is 0.00784. The quantitative estimate of drug-likeness (QED) is 0.205. The SMILES string of the molecule is O=C(O)CCCCC(=O)Nc1ccc([C@@H]2O[C@H](CSc3ccccn3)C[C@H](c3ccc(CO)cc3)O2)cc1. The van der Waals surface area contributed by atoms with E-state index in [1.165, 1.54) is 0 Å². The second-order valence-electron chi connectivity index (χ2n) is 9.10. The van der Waals surface area contributed by atoms with Crippen LogP contribution in [0.5, 0.6) is 0 Å². The third-order valence-electron chi connectivity index (χ3n) is 6.18. The van der Waals surface area contributed by atoms with Crippen molar-refractivity contribution in [3.63, 3.8) is 0 Å². The molecule has 200 valence electrons. The number of thioether (sulfide) groups is 1. The largest absolute Gasteiger partial charge is 0.481 e. The molecule has 1 saturated heterocycles. The Morgan fingerprint density at radius 2 is 1.68 bits per heavy atom. The predicted octanol–water partition coefficient (Wildman–Crippen LogP) is 5.50. The average molecular weight is 537 g/mol. The predicted molar refractivity (Wildman–Crippen MR) is 145 cm³/mol. The highest BCUT2D eigenvalue weighted by molar-refractivity contribution is 7.99. The van der Waals surface area contributed by atoms with Crippen LogP contribution in [0.2, 0.25) is 0 Å². The van der Waals surface area contributed by atoms with Crippen LogP contribution >= 0.6 is 11.8 Å². The molecule has 2 aromatic carbocycles. The van der Waals surface area contributed by atoms with Gasteiger partial charge in [0.25, 0.3) is 0 Å². The lowest BCUT2D eigenvalue weighted by Gasteiger charge is -2.36. The Labute approximate surface area is 226 Å². The van der Waals surface area contributed by atoms with Crippen molar-refractivity contribution in [1.82, 2.24) is 4.98 Å². The molecule has 1 aliphatic rings. The number of nitrogens with zero attached hydrogens (tertiary/aromatic N) is 1. The van der Waals surface area contributed by atoms with Crippen LogP contribution in [0.1, 0.15) is 61.2 Å². The number of aliphatic hydroxyl groups excluding tert-OH is 1. The van der Waals surface area contributed by atoms with E-state index in [4.69, 9.17) is 14.6 Å². The topological polar surface area (TPSA) is 118 Å². The maximum absolute atomic E-state index is 12.2. The van der Waals surface area contributed by atoms with Crippen LogP contribution in [-0.2, 0) is 25.7 Å². The van der Waals surface area contributed by atoms with Crippen LogP contribution in [0.15, 0.2) is 78.0 Å². The van der Waals surface area contributed by atoms with E-state index in [-0.39, 0.29) is 37.6 Å². The van der Waals surface area contributed by atoms with E-state index in [0.29, 0.717) is 24.9 Å². The molecule has 2 heterocycles. The number of unbranched alkanes of at least 4 members (excludes halogenated alkanes) is 1. The number of hydrogen-bond donors (Lipinski definition) is 3. The lowest BCUT2D eigenvalue weighted by molar-refractivity contribution is -0.245. The maximum atomic E-state index is 12.2. The van der Waals surface area contributed by atoms with Gasteiger partial charge < -0.3 is 25.0 Å². The van der Waals surface area contributed by atoms with E-state index in [2.05, 4.69) is 10.3 Å². The molecule has 1 amide bonds. The highest BCUT2D eigenvalue weighted by atomic mass is 32.2. The van der Waals surface area contributed by atoms with E-state index < -0.39 is 12.3 Å². The Morgan fingerprint density at radius 3 is 2.37 bits per heavy atom. The number of carbonyl (C=O) groups excluding carboxylic acids is 1. The number of amides is 1. The number of pyridine rings is 1. The van der Waals surface area contributed by atoms with E-state index in [0.717, 1.165) is 27.5 Å². The summed E-state index contributed by atoms with van der Waals surface area (Å²) in [5.41, 5.74) is 3.37. The fourth-order valence-corrected chi connectivity index (χ4v) is 5.02. The summed E-state index contributed by atoms with van der Waals surface area (Å²) in [6, 6.07) is 21.0. The highest BCUT2D eigenvalue weighted by Gasteiger charge is 2.32. The van der Waals surface area contributed by atoms with Gasteiger partial charge in [0.2, 0.25) is 5.91 Å². The van der Waals surface area contributed by atoms with Crippen LogP contribution in [0, 0.1) is 0 Å². The normalized spacial score (nSPS) is 19.1. The van der Waals surface area contributed by atoms with Crippen molar-refractivity contribution in [2.75, 3.05) is 11.1 Å². The number of nitrogens with one attached hydrogen (secondary N) is 1. The number of carboxylic acids is 1. The van der Waals surface area contributed by atoms with E-state index in [1.807, 2.05) is 66.7 Å². The molecule has 0 unspecified atom stereocenters. The molecule has 1 aromatic heterocycles. The second-order valence-corrected chi connectivity index (χ2v) is 10.1. The summed E-state index contributed by atoms with van der Waals surface area (Å²) < 4.78 is 12.7. The third kappa shape index (κ3) is 8.39. The van der Waals surface area contributed by atoms with Crippen molar-refractivity contribution < 1.29 is 29.3 Å². The van der Waals surface area contributed by atoms with Gasteiger partial charge in [-0.2, -0.15) is 0 Å². The molecule has 0 radical (unpaired) electrons. The van der Waals surface area contributed by atoms with Gasteiger partial charge in [0.15, 0.2) is 6.29 Å². The van der Waals surface area contributed by atoms with Crippen LogP contribution in [0.3, 0.4) is 0 Å². The van der Waals surface area contributed by atoms with E-state index in [9.17, 15) is 14.7 Å². The average Bonchev–Trinajstić information content (AvgIpc) is 2.95. The Balaban J connectivity index is 1.41. The number of carbonyl (C=O) groups is 2. The summed E-state index contributed by atoms with van der Waals surface area (Å²) >= 11 is 1.64. The second kappa shape index (κ2) is 14.1. The molecular weight excluding hydrogens is 504 g/mol. The minimum Gasteiger partial charge on any atom is -0.481 e. The molecule has 0 aliphatic carbocycles. The zero-order valence-electron chi connectivity index (χ0n) is 21.0. The van der Waals surface area contributed by atoms with Crippen LogP contribution in [0.25, 0.3) is 0 Å². The van der Waals surface area contributed by atoms with E-state index in [1.54, 1.807) is 18.0 Å². The maximum Gasteiger partial charge on any atom is 0.303 e. The Kier molecular flexibility index (Phi) is 10.3. The zero-order valence-corrected chi connectivity index (χ0v) is 21.8. The molecule has 9 heteroatoms. The molecule has 0 bridgehead atoms. The Hall–Kier alpha value is -3.24. The van der Waals surface area contributed by atoms with Gasteiger partial charge in [0.1, 0.15) is 0 Å². The summed E-state index contributed by atoms with van der Waals surface area (Å²) in [4.78, 5) is 27.2. The Morgan fingerprint density at radius 1 is 0.947 bits per heavy atom. The van der Waals surface area contributed by atoms with E-state index >= 15 is 0 Å². The van der Waals surface area contributed by atoms with Gasteiger partial charge >= 0.3 is 5.97 Å². The number of benzene rings is 2. The molecule has 3 N–H and O–H groups in total. The standard InChI is InChI=1S/C29H32N2O6S/c32-18-20-8-10-21(11-9-20)25-17-24(19-38-27-6-3-4-16-30-27)36-29(37-25)22-12-14-23(15-13-22)31-26(33)5-1-2-7-28(34)35/h3-4,6,8-16,24-25,29,32H,1-2,5,7,17-19H2,(H,31,33)(H,34,35)/t24-,25+,29+/m0/s1. The number of aliphatic carboxylic acids is 1. The fourth-order valence-electron chi connectivity index (χ4n) is 4.14. The zero-order chi connectivity index (χ0) is 26.7. The molecular formula is C29H32N2O6S. The lowest BCUT2D eigenvalue weighted by Crippen LogP contribution is -2.31. The van der Waals surface area contributed by atoms with Gasteiger partial charge in [-0.3, -0.25) is 9.59 Å². The molecule has 0 saturated carbocycles. The number of aliphatic hydroxyl groups is 1.